The number of amides is 1. The molecule has 0 fully saturated rings. The fraction of sp³-hybridized carbons (Fsp3) is 0.231. The molecule has 0 unspecified atom stereocenters. The predicted molar refractivity (Wildman–Crippen MR) is 128 cm³/mol. The van der Waals surface area contributed by atoms with Crippen LogP contribution in [-0.2, 0) is 13.2 Å². The zero-order valence-electron chi connectivity index (χ0n) is 19.2. The normalized spacial score (nSPS) is 10.6. The van der Waals surface area contributed by atoms with Gasteiger partial charge in [-0.15, -0.1) is 0 Å². The summed E-state index contributed by atoms with van der Waals surface area (Å²) in [5.74, 6) is 2.68. The summed E-state index contributed by atoms with van der Waals surface area (Å²) in [6.07, 6.45) is 3.53. The fourth-order valence-electron chi connectivity index (χ4n) is 3.32. The summed E-state index contributed by atoms with van der Waals surface area (Å²) in [5.41, 5.74) is 1.61. The van der Waals surface area contributed by atoms with Crippen molar-refractivity contribution in [3.8, 4) is 17.2 Å². The van der Waals surface area contributed by atoms with E-state index in [4.69, 9.17) is 18.6 Å². The molecule has 2 aromatic carbocycles. The zero-order chi connectivity index (χ0) is 23.8. The Labute approximate surface area is 198 Å². The molecule has 0 atom stereocenters. The third kappa shape index (κ3) is 5.98. The number of carbonyl (C=O) groups is 1. The van der Waals surface area contributed by atoms with Crippen molar-refractivity contribution in [1.29, 1.82) is 0 Å². The van der Waals surface area contributed by atoms with Crippen molar-refractivity contribution in [3.63, 3.8) is 0 Å². The first-order valence-corrected chi connectivity index (χ1v) is 11.1. The van der Waals surface area contributed by atoms with E-state index in [0.717, 1.165) is 11.3 Å². The lowest BCUT2D eigenvalue weighted by Gasteiger charge is -2.13. The first-order chi connectivity index (χ1) is 16.6. The lowest BCUT2D eigenvalue weighted by Crippen LogP contribution is -2.10. The van der Waals surface area contributed by atoms with E-state index in [1.54, 1.807) is 47.3 Å². The van der Waals surface area contributed by atoms with E-state index in [2.05, 4.69) is 10.4 Å². The molecule has 0 aliphatic heterocycles. The summed E-state index contributed by atoms with van der Waals surface area (Å²) in [6, 6.07) is 18.2. The van der Waals surface area contributed by atoms with E-state index in [1.807, 2.05) is 44.3 Å². The molecule has 0 radical (unpaired) electrons. The lowest BCUT2D eigenvalue weighted by atomic mass is 10.2. The van der Waals surface area contributed by atoms with Gasteiger partial charge in [0.25, 0.3) is 5.91 Å². The van der Waals surface area contributed by atoms with Crippen molar-refractivity contribution in [2.75, 3.05) is 18.5 Å². The van der Waals surface area contributed by atoms with Gasteiger partial charge in [-0.05, 0) is 74.0 Å². The molecule has 4 aromatic rings. The number of ether oxygens (including phenoxy) is 3. The third-order valence-electron chi connectivity index (χ3n) is 4.89. The molecule has 2 heterocycles. The number of benzene rings is 2. The number of hydrogen-bond acceptors (Lipinski definition) is 6. The standard InChI is InChI=1S/C26H27N3O5/c1-3-31-23-12-6-19(16-25(23)32-4-2)18-33-21-9-7-20(8-10-21)28-26(30)24-13-11-22(34-24)17-29-15-5-14-27-29/h5-16H,3-4,17-18H2,1-2H3,(H,28,30). The van der Waals surface area contributed by atoms with E-state index in [0.29, 0.717) is 49.3 Å². The van der Waals surface area contributed by atoms with Gasteiger partial charge in [0, 0.05) is 18.1 Å². The van der Waals surface area contributed by atoms with Gasteiger partial charge < -0.3 is 23.9 Å². The molecule has 2 aromatic heterocycles. The fourth-order valence-corrected chi connectivity index (χ4v) is 3.32. The smallest absolute Gasteiger partial charge is 0.291 e. The van der Waals surface area contributed by atoms with E-state index in [-0.39, 0.29) is 11.7 Å². The summed E-state index contributed by atoms with van der Waals surface area (Å²) in [7, 11) is 0. The molecule has 176 valence electrons. The van der Waals surface area contributed by atoms with Crippen molar-refractivity contribution >= 4 is 11.6 Å². The molecule has 8 heteroatoms. The van der Waals surface area contributed by atoms with Crippen LogP contribution < -0.4 is 19.5 Å². The van der Waals surface area contributed by atoms with Crippen LogP contribution in [0.15, 0.2) is 77.5 Å². The van der Waals surface area contributed by atoms with Gasteiger partial charge in [-0.25, -0.2) is 0 Å². The van der Waals surface area contributed by atoms with Crippen molar-refractivity contribution < 1.29 is 23.4 Å². The minimum absolute atomic E-state index is 0.239. The zero-order valence-corrected chi connectivity index (χ0v) is 19.2. The number of carbonyl (C=O) groups excluding carboxylic acids is 1. The Morgan fingerprint density at radius 2 is 1.76 bits per heavy atom. The van der Waals surface area contributed by atoms with E-state index in [1.165, 1.54) is 0 Å². The highest BCUT2D eigenvalue weighted by Crippen LogP contribution is 2.29. The SMILES string of the molecule is CCOc1ccc(COc2ccc(NC(=O)c3ccc(Cn4cccn4)o3)cc2)cc1OCC. The lowest BCUT2D eigenvalue weighted by molar-refractivity contribution is 0.0994. The second-order valence-corrected chi connectivity index (χ2v) is 7.38. The van der Waals surface area contributed by atoms with Crippen LogP contribution >= 0.6 is 0 Å². The van der Waals surface area contributed by atoms with Crippen molar-refractivity contribution in [2.24, 2.45) is 0 Å². The van der Waals surface area contributed by atoms with Gasteiger partial charge in [0.05, 0.1) is 19.8 Å². The molecule has 4 rings (SSSR count). The number of nitrogens with zero attached hydrogens (tertiary/aromatic N) is 2. The number of hydrogen-bond donors (Lipinski definition) is 1. The maximum absolute atomic E-state index is 12.5. The van der Waals surface area contributed by atoms with Crippen LogP contribution in [0.4, 0.5) is 5.69 Å². The summed E-state index contributed by atoms with van der Waals surface area (Å²) < 4.78 is 24.5. The van der Waals surface area contributed by atoms with Gasteiger partial charge in [-0.3, -0.25) is 9.48 Å². The largest absolute Gasteiger partial charge is 0.490 e. The molecule has 0 spiro atoms. The second-order valence-electron chi connectivity index (χ2n) is 7.38. The van der Waals surface area contributed by atoms with Gasteiger partial charge in [0.15, 0.2) is 17.3 Å². The maximum atomic E-state index is 12.5. The van der Waals surface area contributed by atoms with Gasteiger partial charge in [0.1, 0.15) is 18.1 Å². The van der Waals surface area contributed by atoms with Crippen molar-refractivity contribution in [1.82, 2.24) is 9.78 Å². The molecule has 1 amide bonds. The quantitative estimate of drug-likeness (QED) is 0.332. The molecule has 34 heavy (non-hydrogen) atoms. The highest BCUT2D eigenvalue weighted by Gasteiger charge is 2.12. The average Bonchev–Trinajstić information content (AvgIpc) is 3.53. The van der Waals surface area contributed by atoms with Crippen LogP contribution in [0.1, 0.15) is 35.7 Å². The third-order valence-corrected chi connectivity index (χ3v) is 4.89. The summed E-state index contributed by atoms with van der Waals surface area (Å²) in [6.45, 7) is 5.85. The molecule has 0 bridgehead atoms. The number of rotatable bonds is 11. The molecular weight excluding hydrogens is 434 g/mol. The first-order valence-electron chi connectivity index (χ1n) is 11.1. The van der Waals surface area contributed by atoms with Crippen LogP contribution in [0.25, 0.3) is 0 Å². The molecule has 0 aliphatic rings. The summed E-state index contributed by atoms with van der Waals surface area (Å²) in [5, 5.41) is 6.96. The summed E-state index contributed by atoms with van der Waals surface area (Å²) in [4.78, 5) is 12.5. The number of anilines is 1. The Morgan fingerprint density at radius 1 is 0.971 bits per heavy atom. The molecule has 1 N–H and O–H groups in total. The van der Waals surface area contributed by atoms with Crippen molar-refractivity contribution in [3.05, 3.63) is 90.1 Å². The van der Waals surface area contributed by atoms with Gasteiger partial charge >= 0.3 is 0 Å². The molecule has 0 saturated carbocycles. The molecule has 8 nitrogen and oxygen atoms in total. The number of furan rings is 1. The Balaban J connectivity index is 1.31. The minimum Gasteiger partial charge on any atom is -0.490 e. The number of aromatic nitrogens is 2. The topological polar surface area (TPSA) is 87.8 Å². The Hall–Kier alpha value is -4.20. The van der Waals surface area contributed by atoms with E-state index >= 15 is 0 Å². The molecular formula is C26H27N3O5. The summed E-state index contributed by atoms with van der Waals surface area (Å²) >= 11 is 0. The monoisotopic (exact) mass is 461 g/mol. The van der Waals surface area contributed by atoms with Crippen molar-refractivity contribution in [2.45, 2.75) is 27.0 Å². The van der Waals surface area contributed by atoms with Crippen LogP contribution in [0.5, 0.6) is 17.2 Å². The Kier molecular flexibility index (Phi) is 7.49. The van der Waals surface area contributed by atoms with Gasteiger partial charge in [-0.2, -0.15) is 5.10 Å². The number of nitrogens with one attached hydrogen (secondary N) is 1. The highest BCUT2D eigenvalue weighted by molar-refractivity contribution is 6.02. The predicted octanol–water partition coefficient (Wildman–Crippen LogP) is 5.15. The average molecular weight is 462 g/mol. The highest BCUT2D eigenvalue weighted by atomic mass is 16.5. The van der Waals surface area contributed by atoms with Crippen LogP contribution in [-0.4, -0.2) is 28.9 Å². The maximum Gasteiger partial charge on any atom is 0.291 e. The van der Waals surface area contributed by atoms with Crippen LogP contribution in [0.3, 0.4) is 0 Å². The Morgan fingerprint density at radius 3 is 2.50 bits per heavy atom. The minimum atomic E-state index is -0.321. The van der Waals surface area contributed by atoms with Crippen LogP contribution in [0.2, 0.25) is 0 Å². The van der Waals surface area contributed by atoms with Gasteiger partial charge in [0.2, 0.25) is 0 Å². The molecule has 0 saturated heterocycles. The van der Waals surface area contributed by atoms with Gasteiger partial charge in [-0.1, -0.05) is 6.07 Å². The van der Waals surface area contributed by atoms with E-state index < -0.39 is 0 Å². The molecule has 0 aliphatic carbocycles. The first kappa shape index (κ1) is 23.0. The second kappa shape index (κ2) is 11.1. The Bertz CT molecular complexity index is 1200. The van der Waals surface area contributed by atoms with Crippen LogP contribution in [0, 0.1) is 0 Å². The van der Waals surface area contributed by atoms with E-state index in [9.17, 15) is 4.79 Å².